The van der Waals surface area contributed by atoms with Crippen molar-refractivity contribution >= 4 is 12.5 Å². The van der Waals surface area contributed by atoms with Crippen LogP contribution in [-0.2, 0) is 4.79 Å². The van der Waals surface area contributed by atoms with Crippen molar-refractivity contribution < 1.29 is 9.90 Å². The molecule has 1 fully saturated rings. The molecule has 1 saturated carbocycles. The van der Waals surface area contributed by atoms with Crippen LogP contribution in [0.4, 0.5) is 0 Å². The lowest BCUT2D eigenvalue weighted by atomic mass is 10.1. The minimum atomic E-state index is 0.0558. The van der Waals surface area contributed by atoms with Crippen LogP contribution in [0, 0.1) is 5.41 Å². The summed E-state index contributed by atoms with van der Waals surface area (Å²) in [5.41, 5.74) is 0.739. The molecule has 0 radical (unpaired) electrons. The topological polar surface area (TPSA) is 49.7 Å². The zero-order chi connectivity index (χ0) is 9.73. The summed E-state index contributed by atoms with van der Waals surface area (Å²) >= 11 is 0. The lowest BCUT2D eigenvalue weighted by Crippen LogP contribution is -1.96. The summed E-state index contributed by atoms with van der Waals surface area (Å²) in [5.74, 6) is 0. The van der Waals surface area contributed by atoms with Crippen molar-refractivity contribution in [2.75, 3.05) is 0 Å². The quantitative estimate of drug-likeness (QED) is 0.310. The van der Waals surface area contributed by atoms with Crippen LogP contribution in [0.5, 0.6) is 0 Å². The summed E-state index contributed by atoms with van der Waals surface area (Å²) < 4.78 is 0. The first-order valence-electron chi connectivity index (χ1n) is 4.22. The van der Waals surface area contributed by atoms with Crippen molar-refractivity contribution in [1.29, 1.82) is 0 Å². The molecule has 0 amide bonds. The van der Waals surface area contributed by atoms with Crippen LogP contribution in [0.2, 0.25) is 0 Å². The molecule has 0 spiro atoms. The number of hydrogen-bond acceptors (Lipinski definition) is 3. The lowest BCUT2D eigenvalue weighted by molar-refractivity contribution is -0.104. The highest BCUT2D eigenvalue weighted by atomic mass is 16.2. The van der Waals surface area contributed by atoms with Gasteiger partial charge in [0.2, 0.25) is 0 Å². The first kappa shape index (κ1) is 9.71. The van der Waals surface area contributed by atoms with Crippen molar-refractivity contribution in [3.63, 3.8) is 0 Å². The molecule has 0 bridgehead atoms. The van der Waals surface area contributed by atoms with Gasteiger partial charge in [0.15, 0.2) is 0 Å². The Kier molecular flexibility index (Phi) is 3.01. The molecule has 3 heteroatoms. The molecule has 70 valence electrons. The van der Waals surface area contributed by atoms with Gasteiger partial charge in [-0.2, -0.15) is 0 Å². The summed E-state index contributed by atoms with van der Waals surface area (Å²) in [5, 5.41) is 8.89. The van der Waals surface area contributed by atoms with Crippen LogP contribution >= 0.6 is 0 Å². The van der Waals surface area contributed by atoms with Crippen molar-refractivity contribution in [2.24, 2.45) is 10.4 Å². The smallest absolute Gasteiger partial charge is 0.142 e. The van der Waals surface area contributed by atoms with Crippen LogP contribution < -0.4 is 0 Å². The molecule has 1 aliphatic carbocycles. The molecule has 0 aromatic heterocycles. The van der Waals surface area contributed by atoms with E-state index in [0.29, 0.717) is 12.0 Å². The number of nitrogens with zero attached hydrogens (tertiary/aromatic N) is 1. The van der Waals surface area contributed by atoms with Gasteiger partial charge in [0.05, 0.1) is 5.70 Å². The fourth-order valence-corrected chi connectivity index (χ4v) is 1.01. The number of aliphatic hydroxyl groups excluding tert-OH is 1. The second-order valence-corrected chi connectivity index (χ2v) is 3.37. The van der Waals surface area contributed by atoms with Crippen molar-refractivity contribution in [3.8, 4) is 0 Å². The number of aliphatic imine (C=N–C) groups is 1. The number of allylic oxidation sites excluding steroid dienone is 3. The van der Waals surface area contributed by atoms with Crippen LogP contribution in [0.3, 0.4) is 0 Å². The molecule has 0 heterocycles. The van der Waals surface area contributed by atoms with Crippen molar-refractivity contribution in [1.82, 2.24) is 0 Å². The average Bonchev–Trinajstić information content (AvgIpc) is 2.85. The second-order valence-electron chi connectivity index (χ2n) is 3.37. The molecule has 0 aromatic rings. The van der Waals surface area contributed by atoms with Crippen LogP contribution in [0.25, 0.3) is 0 Å². The monoisotopic (exact) mass is 179 g/mol. The zero-order valence-electron chi connectivity index (χ0n) is 7.60. The van der Waals surface area contributed by atoms with Gasteiger partial charge in [0.1, 0.15) is 12.5 Å². The Labute approximate surface area is 77.5 Å². The van der Waals surface area contributed by atoms with Gasteiger partial charge in [-0.05, 0) is 25.0 Å². The normalized spacial score (nSPS) is 21.2. The highest BCUT2D eigenvalue weighted by Gasteiger charge is 2.41. The number of aldehydes is 1. The summed E-state index contributed by atoms with van der Waals surface area (Å²) in [6.45, 7) is 2.05. The molecule has 0 aromatic carbocycles. The predicted octanol–water partition coefficient (Wildman–Crippen LogP) is 2.01. The molecule has 1 aliphatic rings. The SMILES string of the molecule is CC1(C(=C/O)/N=C/C=C/C=O)CC1. The molecule has 0 saturated heterocycles. The van der Waals surface area contributed by atoms with E-state index in [1.165, 1.54) is 12.3 Å². The van der Waals surface area contributed by atoms with E-state index in [4.69, 9.17) is 5.11 Å². The first-order chi connectivity index (χ1) is 6.23. The van der Waals surface area contributed by atoms with E-state index in [0.717, 1.165) is 19.1 Å². The van der Waals surface area contributed by atoms with E-state index in [-0.39, 0.29) is 5.41 Å². The van der Waals surface area contributed by atoms with E-state index < -0.39 is 0 Å². The Morgan fingerprint density at radius 2 is 2.15 bits per heavy atom. The van der Waals surface area contributed by atoms with E-state index in [1.807, 2.05) is 0 Å². The van der Waals surface area contributed by atoms with Crippen LogP contribution in [-0.4, -0.2) is 17.6 Å². The van der Waals surface area contributed by atoms with E-state index in [2.05, 4.69) is 11.9 Å². The van der Waals surface area contributed by atoms with Gasteiger partial charge >= 0.3 is 0 Å². The number of hydrogen-bond donors (Lipinski definition) is 1. The molecule has 0 aliphatic heterocycles. The van der Waals surface area contributed by atoms with Crippen LogP contribution in [0.1, 0.15) is 19.8 Å². The Hall–Kier alpha value is -1.38. The third-order valence-electron chi connectivity index (χ3n) is 2.23. The molecule has 13 heavy (non-hydrogen) atoms. The summed E-state index contributed by atoms with van der Waals surface area (Å²) in [4.78, 5) is 14.0. The molecule has 0 unspecified atom stereocenters. The minimum Gasteiger partial charge on any atom is -0.514 e. The van der Waals surface area contributed by atoms with E-state index in [1.54, 1.807) is 6.08 Å². The number of aliphatic hydroxyl groups is 1. The summed E-state index contributed by atoms with van der Waals surface area (Å²) in [6.07, 6.45) is 8.27. The number of rotatable bonds is 4. The Morgan fingerprint density at radius 3 is 2.62 bits per heavy atom. The molecule has 1 rings (SSSR count). The third kappa shape index (κ3) is 2.54. The average molecular weight is 179 g/mol. The van der Waals surface area contributed by atoms with Crippen LogP contribution in [0.15, 0.2) is 29.1 Å². The largest absolute Gasteiger partial charge is 0.514 e. The maximum atomic E-state index is 9.92. The molecule has 0 atom stereocenters. The van der Waals surface area contributed by atoms with Gasteiger partial charge in [0.25, 0.3) is 0 Å². The first-order valence-corrected chi connectivity index (χ1v) is 4.22. The Morgan fingerprint density at radius 1 is 1.46 bits per heavy atom. The van der Waals surface area contributed by atoms with Crippen molar-refractivity contribution in [2.45, 2.75) is 19.8 Å². The maximum Gasteiger partial charge on any atom is 0.142 e. The maximum absolute atomic E-state index is 9.92. The standard InChI is InChI=1S/C10H13NO2/c1-10(4-5-10)9(8-13)11-6-2-3-7-12/h2-3,6-8,13H,4-5H2,1H3/b3-2+,9-8-,11-6+. The van der Waals surface area contributed by atoms with E-state index >= 15 is 0 Å². The van der Waals surface area contributed by atoms with Gasteiger partial charge in [-0.15, -0.1) is 0 Å². The highest BCUT2D eigenvalue weighted by molar-refractivity contribution is 5.79. The van der Waals surface area contributed by atoms with Gasteiger partial charge in [-0.25, -0.2) is 0 Å². The third-order valence-corrected chi connectivity index (χ3v) is 2.23. The fraction of sp³-hybridized carbons (Fsp3) is 0.400. The molecule has 1 N–H and O–H groups in total. The fourth-order valence-electron chi connectivity index (χ4n) is 1.01. The number of carbonyl (C=O) groups excluding carboxylic acids is 1. The van der Waals surface area contributed by atoms with Gasteiger partial charge < -0.3 is 5.11 Å². The van der Waals surface area contributed by atoms with E-state index in [9.17, 15) is 4.79 Å². The molecule has 3 nitrogen and oxygen atoms in total. The number of carbonyl (C=O) groups is 1. The second kappa shape index (κ2) is 4.03. The Bertz CT molecular complexity index is 273. The molecular formula is C10H13NO2. The van der Waals surface area contributed by atoms with Gasteiger partial charge in [-0.1, -0.05) is 6.92 Å². The Balaban J connectivity index is 2.55. The lowest BCUT2D eigenvalue weighted by Gasteiger charge is -2.05. The highest BCUT2D eigenvalue weighted by Crippen LogP contribution is 2.51. The summed E-state index contributed by atoms with van der Waals surface area (Å²) in [6, 6.07) is 0. The van der Waals surface area contributed by atoms with Gasteiger partial charge in [-0.3, -0.25) is 9.79 Å². The van der Waals surface area contributed by atoms with Gasteiger partial charge in [0, 0.05) is 11.6 Å². The minimum absolute atomic E-state index is 0.0558. The predicted molar refractivity (Wildman–Crippen MR) is 51.7 cm³/mol. The zero-order valence-corrected chi connectivity index (χ0v) is 7.60. The molecular weight excluding hydrogens is 166 g/mol. The summed E-state index contributed by atoms with van der Waals surface area (Å²) in [7, 11) is 0. The van der Waals surface area contributed by atoms with Crippen molar-refractivity contribution in [3.05, 3.63) is 24.1 Å².